The first kappa shape index (κ1) is 17.4. The van der Waals surface area contributed by atoms with Crippen molar-refractivity contribution in [3.63, 3.8) is 0 Å². The molecule has 1 aromatic heterocycles. The van der Waals surface area contributed by atoms with Crippen LogP contribution in [0.25, 0.3) is 10.2 Å². The molecule has 1 heterocycles. The summed E-state index contributed by atoms with van der Waals surface area (Å²) in [6.07, 6.45) is -4.76. The number of methoxy groups -OCH3 is 1. The van der Waals surface area contributed by atoms with Crippen LogP contribution < -0.4 is 0 Å². The minimum absolute atomic E-state index is 0.0401. The Morgan fingerprint density at radius 3 is 2.74 bits per heavy atom. The molecule has 2 aromatic rings. The second-order valence-electron chi connectivity index (χ2n) is 5.01. The number of benzene rings is 1. The molecule has 0 saturated carbocycles. The van der Waals surface area contributed by atoms with Gasteiger partial charge >= 0.3 is 6.18 Å². The van der Waals surface area contributed by atoms with Crippen LogP contribution in [0, 0.1) is 11.3 Å². The number of carbonyl (C=O) groups is 1. The van der Waals surface area contributed by atoms with Crippen LogP contribution in [0.3, 0.4) is 0 Å². The maximum atomic E-state index is 12.7. The molecular formula is C15H13F3N2O2S. The number of carbonyl (C=O) groups excluding carboxylic acids is 1. The third-order valence-electron chi connectivity index (χ3n) is 3.32. The average Bonchev–Trinajstić information content (AvgIpc) is 2.89. The second-order valence-corrected chi connectivity index (χ2v) is 6.07. The lowest BCUT2D eigenvalue weighted by Crippen LogP contribution is -2.18. The summed E-state index contributed by atoms with van der Waals surface area (Å²) in [6, 6.07) is 5.06. The maximum Gasteiger partial charge on any atom is 0.416 e. The van der Waals surface area contributed by atoms with E-state index in [1.807, 2.05) is 6.07 Å². The fraction of sp³-hybridized carbons (Fsp3) is 0.400. The third kappa shape index (κ3) is 3.86. The number of alkyl halides is 3. The lowest BCUT2D eigenvalue weighted by Gasteiger charge is -2.10. The quantitative estimate of drug-likeness (QED) is 0.826. The van der Waals surface area contributed by atoms with Gasteiger partial charge in [0.05, 0.1) is 28.0 Å². The summed E-state index contributed by atoms with van der Waals surface area (Å²) >= 11 is 1.05. The summed E-state index contributed by atoms with van der Waals surface area (Å²) in [4.78, 5) is 16.2. The Bertz CT molecular complexity index is 764. The Hall–Kier alpha value is -1.98. The Kier molecular flexibility index (Phi) is 5.02. The molecule has 0 unspecified atom stereocenters. The first-order chi connectivity index (χ1) is 10.8. The number of ether oxygens (including phenoxy) is 1. The summed E-state index contributed by atoms with van der Waals surface area (Å²) in [5, 5.41) is 9.42. The van der Waals surface area contributed by atoms with Gasteiger partial charge in [0, 0.05) is 13.5 Å². The van der Waals surface area contributed by atoms with E-state index in [1.165, 1.54) is 13.2 Å². The summed E-state index contributed by atoms with van der Waals surface area (Å²) < 4.78 is 43.6. The SMILES string of the molecule is CO[C@H](C)CC(=O)[C@@H](C#N)c1nc2cc(C(F)(F)F)ccc2s1. The van der Waals surface area contributed by atoms with Crippen molar-refractivity contribution in [1.82, 2.24) is 4.98 Å². The van der Waals surface area contributed by atoms with Gasteiger partial charge in [-0.2, -0.15) is 18.4 Å². The highest BCUT2D eigenvalue weighted by atomic mass is 32.1. The van der Waals surface area contributed by atoms with E-state index < -0.39 is 17.7 Å². The fourth-order valence-electron chi connectivity index (χ4n) is 1.99. The molecule has 0 spiro atoms. The molecule has 0 N–H and O–H groups in total. The highest BCUT2D eigenvalue weighted by Gasteiger charge is 2.31. The number of hydrogen-bond donors (Lipinski definition) is 0. The van der Waals surface area contributed by atoms with Crippen molar-refractivity contribution in [3.8, 4) is 6.07 Å². The van der Waals surface area contributed by atoms with Crippen molar-refractivity contribution in [2.75, 3.05) is 7.11 Å². The van der Waals surface area contributed by atoms with Crippen molar-refractivity contribution in [2.24, 2.45) is 0 Å². The number of halogens is 3. The summed E-state index contributed by atoms with van der Waals surface area (Å²) in [5.74, 6) is -1.46. The van der Waals surface area contributed by atoms with Crippen LogP contribution in [0.5, 0.6) is 0 Å². The highest BCUT2D eigenvalue weighted by Crippen LogP contribution is 2.34. The zero-order chi connectivity index (χ0) is 17.2. The molecule has 8 heteroatoms. The number of Topliss-reactive ketones (excluding diaryl/α,β-unsaturated/α-hetero) is 1. The molecule has 0 bridgehead atoms. The van der Waals surface area contributed by atoms with Gasteiger partial charge in [-0.15, -0.1) is 11.3 Å². The van der Waals surface area contributed by atoms with Gasteiger partial charge in [0.1, 0.15) is 5.01 Å². The van der Waals surface area contributed by atoms with E-state index in [-0.39, 0.29) is 28.8 Å². The van der Waals surface area contributed by atoms with Crippen LogP contribution in [-0.4, -0.2) is 24.0 Å². The smallest absolute Gasteiger partial charge is 0.381 e. The van der Waals surface area contributed by atoms with E-state index in [0.717, 1.165) is 23.5 Å². The number of thiazole rings is 1. The van der Waals surface area contributed by atoms with Crippen molar-refractivity contribution in [2.45, 2.75) is 31.5 Å². The predicted molar refractivity (Wildman–Crippen MR) is 79.1 cm³/mol. The molecule has 0 radical (unpaired) electrons. The van der Waals surface area contributed by atoms with E-state index in [0.29, 0.717) is 4.70 Å². The monoisotopic (exact) mass is 342 g/mol. The molecule has 0 aliphatic carbocycles. The number of fused-ring (bicyclic) bond motifs is 1. The zero-order valence-corrected chi connectivity index (χ0v) is 13.2. The summed E-state index contributed by atoms with van der Waals surface area (Å²) in [6.45, 7) is 1.69. The van der Waals surface area contributed by atoms with Gasteiger partial charge in [-0.25, -0.2) is 4.98 Å². The van der Waals surface area contributed by atoms with Crippen LogP contribution in [0.1, 0.15) is 29.8 Å². The molecule has 2 rings (SSSR count). The summed E-state index contributed by atoms with van der Waals surface area (Å²) in [5.41, 5.74) is -0.678. The molecule has 0 aliphatic rings. The molecule has 4 nitrogen and oxygen atoms in total. The molecule has 1 aromatic carbocycles. The first-order valence-electron chi connectivity index (χ1n) is 6.69. The van der Waals surface area contributed by atoms with E-state index >= 15 is 0 Å². The third-order valence-corrected chi connectivity index (χ3v) is 4.42. The molecular weight excluding hydrogens is 329 g/mol. The number of aromatic nitrogens is 1. The van der Waals surface area contributed by atoms with Gasteiger partial charge in [-0.05, 0) is 25.1 Å². The minimum Gasteiger partial charge on any atom is -0.381 e. The molecule has 0 amide bonds. The lowest BCUT2D eigenvalue weighted by molar-refractivity contribution is -0.137. The molecule has 0 fully saturated rings. The molecule has 23 heavy (non-hydrogen) atoms. The number of rotatable bonds is 5. The molecule has 2 atom stereocenters. The minimum atomic E-state index is -4.46. The average molecular weight is 342 g/mol. The van der Waals surface area contributed by atoms with Crippen LogP contribution in [-0.2, 0) is 15.7 Å². The van der Waals surface area contributed by atoms with Gasteiger partial charge in [0.25, 0.3) is 0 Å². The molecule has 0 aliphatic heterocycles. The number of nitriles is 1. The fourth-order valence-corrected chi connectivity index (χ4v) is 3.01. The summed E-state index contributed by atoms with van der Waals surface area (Å²) in [7, 11) is 1.45. The van der Waals surface area contributed by atoms with Crippen LogP contribution in [0.4, 0.5) is 13.2 Å². The van der Waals surface area contributed by atoms with Gasteiger partial charge < -0.3 is 4.74 Å². The second kappa shape index (κ2) is 6.64. The van der Waals surface area contributed by atoms with Crippen LogP contribution in [0.2, 0.25) is 0 Å². The van der Waals surface area contributed by atoms with E-state index in [1.54, 1.807) is 6.92 Å². The Labute approximate surface area is 134 Å². The normalized spacial score (nSPS) is 14.4. The van der Waals surface area contributed by atoms with E-state index in [9.17, 15) is 23.2 Å². The predicted octanol–water partition coefficient (Wildman–Crippen LogP) is 3.92. The topological polar surface area (TPSA) is 63.0 Å². The molecule has 122 valence electrons. The van der Waals surface area contributed by atoms with Crippen LogP contribution >= 0.6 is 11.3 Å². The maximum absolute atomic E-state index is 12.7. The number of ketones is 1. The number of nitrogens with zero attached hydrogens (tertiary/aromatic N) is 2. The van der Waals surface area contributed by atoms with Crippen molar-refractivity contribution >= 4 is 27.3 Å². The zero-order valence-electron chi connectivity index (χ0n) is 12.3. The Morgan fingerprint density at radius 1 is 1.48 bits per heavy atom. The van der Waals surface area contributed by atoms with Crippen LogP contribution in [0.15, 0.2) is 18.2 Å². The van der Waals surface area contributed by atoms with E-state index in [4.69, 9.17) is 4.74 Å². The van der Waals surface area contributed by atoms with Gasteiger partial charge in [0.15, 0.2) is 11.7 Å². The van der Waals surface area contributed by atoms with Crippen molar-refractivity contribution in [1.29, 1.82) is 5.26 Å². The highest BCUT2D eigenvalue weighted by molar-refractivity contribution is 7.18. The van der Waals surface area contributed by atoms with Crippen molar-refractivity contribution in [3.05, 3.63) is 28.8 Å². The Balaban J connectivity index is 2.35. The lowest BCUT2D eigenvalue weighted by atomic mass is 10.0. The standard InChI is InChI=1S/C15H13F3N2O2S/c1-8(22-2)5-12(21)10(7-19)14-20-11-6-9(15(16,17)18)3-4-13(11)23-14/h3-4,6,8,10H,5H2,1-2H3/t8-,10-/m1/s1. The number of hydrogen-bond acceptors (Lipinski definition) is 5. The van der Waals surface area contributed by atoms with E-state index in [2.05, 4.69) is 4.98 Å². The Morgan fingerprint density at radius 2 is 2.17 bits per heavy atom. The van der Waals surface area contributed by atoms with Gasteiger partial charge in [0.2, 0.25) is 0 Å². The molecule has 0 saturated heterocycles. The largest absolute Gasteiger partial charge is 0.416 e. The van der Waals surface area contributed by atoms with Crippen molar-refractivity contribution < 1.29 is 22.7 Å². The van der Waals surface area contributed by atoms with Gasteiger partial charge in [-0.1, -0.05) is 0 Å². The van der Waals surface area contributed by atoms with Gasteiger partial charge in [-0.3, -0.25) is 4.79 Å². The first-order valence-corrected chi connectivity index (χ1v) is 7.50.